The van der Waals surface area contributed by atoms with Crippen LogP contribution in [0, 0.1) is 12.7 Å². The van der Waals surface area contributed by atoms with Gasteiger partial charge in [-0.3, -0.25) is 4.79 Å². The Balaban J connectivity index is 1.57. The molecule has 3 rings (SSSR count). The molecule has 0 spiro atoms. The van der Waals surface area contributed by atoms with Gasteiger partial charge in [-0.2, -0.15) is 0 Å². The maximum atomic E-state index is 13.1. The maximum Gasteiger partial charge on any atom is 0.247 e. The molecule has 0 unspecified atom stereocenters. The van der Waals surface area contributed by atoms with Crippen molar-refractivity contribution in [1.29, 1.82) is 0 Å². The lowest BCUT2D eigenvalue weighted by Gasteiger charge is -2.03. The summed E-state index contributed by atoms with van der Waals surface area (Å²) < 4.78 is 18.6. The maximum absolute atomic E-state index is 13.1. The van der Waals surface area contributed by atoms with Crippen LogP contribution in [0.25, 0.3) is 11.5 Å². The second-order valence-electron chi connectivity index (χ2n) is 5.43. The molecule has 122 valence electrons. The molecular formula is C18H16FN3O2. The summed E-state index contributed by atoms with van der Waals surface area (Å²) in [6, 6.07) is 13.5. The lowest BCUT2D eigenvalue weighted by Crippen LogP contribution is -2.12. The van der Waals surface area contributed by atoms with Crippen LogP contribution in [0.5, 0.6) is 0 Å². The first-order valence-corrected chi connectivity index (χ1v) is 7.55. The van der Waals surface area contributed by atoms with Gasteiger partial charge in [0.15, 0.2) is 0 Å². The summed E-state index contributed by atoms with van der Waals surface area (Å²) >= 11 is 0. The van der Waals surface area contributed by atoms with E-state index >= 15 is 0 Å². The number of hydrogen-bond acceptors (Lipinski definition) is 4. The second-order valence-corrected chi connectivity index (χ2v) is 5.43. The summed E-state index contributed by atoms with van der Waals surface area (Å²) in [6.07, 6.45) is 0.492. The van der Waals surface area contributed by atoms with E-state index in [4.69, 9.17) is 4.42 Å². The minimum absolute atomic E-state index is 0.173. The van der Waals surface area contributed by atoms with Crippen molar-refractivity contribution in [1.82, 2.24) is 10.2 Å². The average molecular weight is 325 g/mol. The zero-order valence-electron chi connectivity index (χ0n) is 13.1. The fraction of sp³-hybridized carbons (Fsp3) is 0.167. The number of carbonyl (C=O) groups is 1. The van der Waals surface area contributed by atoms with Gasteiger partial charge in [-0.05, 0) is 37.3 Å². The van der Waals surface area contributed by atoms with Gasteiger partial charge in [-0.15, -0.1) is 10.2 Å². The van der Waals surface area contributed by atoms with Gasteiger partial charge in [0, 0.05) is 24.1 Å². The normalized spacial score (nSPS) is 10.6. The van der Waals surface area contributed by atoms with Gasteiger partial charge in [0.25, 0.3) is 0 Å². The van der Waals surface area contributed by atoms with Crippen LogP contribution < -0.4 is 5.32 Å². The number of rotatable bonds is 5. The van der Waals surface area contributed by atoms with Crippen molar-refractivity contribution in [2.45, 2.75) is 19.8 Å². The van der Waals surface area contributed by atoms with E-state index in [9.17, 15) is 9.18 Å². The predicted molar refractivity (Wildman–Crippen MR) is 87.8 cm³/mol. The van der Waals surface area contributed by atoms with E-state index in [1.165, 1.54) is 18.2 Å². The molecule has 0 radical (unpaired) electrons. The van der Waals surface area contributed by atoms with Crippen LogP contribution in [-0.2, 0) is 11.2 Å². The molecule has 1 amide bonds. The lowest BCUT2D eigenvalue weighted by atomic mass is 10.1. The Hall–Kier alpha value is -3.02. The Bertz CT molecular complexity index is 843. The smallest absolute Gasteiger partial charge is 0.247 e. The minimum Gasteiger partial charge on any atom is -0.421 e. The van der Waals surface area contributed by atoms with Gasteiger partial charge in [0.2, 0.25) is 17.7 Å². The van der Waals surface area contributed by atoms with Crippen LogP contribution in [-0.4, -0.2) is 16.1 Å². The van der Waals surface area contributed by atoms with Crippen molar-refractivity contribution in [2.75, 3.05) is 5.32 Å². The van der Waals surface area contributed by atoms with Gasteiger partial charge >= 0.3 is 0 Å². The van der Waals surface area contributed by atoms with Gasteiger partial charge in [-0.1, -0.05) is 23.8 Å². The van der Waals surface area contributed by atoms with Crippen LogP contribution in [0.4, 0.5) is 10.1 Å². The highest BCUT2D eigenvalue weighted by molar-refractivity contribution is 5.90. The molecule has 3 aromatic rings. The zero-order chi connectivity index (χ0) is 16.9. The number of anilines is 1. The number of hydrogen-bond donors (Lipinski definition) is 1. The molecule has 0 saturated carbocycles. The van der Waals surface area contributed by atoms with Crippen molar-refractivity contribution in [3.63, 3.8) is 0 Å². The first-order valence-electron chi connectivity index (χ1n) is 7.55. The lowest BCUT2D eigenvalue weighted by molar-refractivity contribution is -0.116. The highest BCUT2D eigenvalue weighted by Crippen LogP contribution is 2.19. The fourth-order valence-electron chi connectivity index (χ4n) is 2.18. The Kier molecular flexibility index (Phi) is 4.65. The van der Waals surface area contributed by atoms with Crippen molar-refractivity contribution < 1.29 is 13.6 Å². The van der Waals surface area contributed by atoms with Crippen molar-refractivity contribution in [3.8, 4) is 11.5 Å². The van der Waals surface area contributed by atoms with E-state index in [-0.39, 0.29) is 12.3 Å². The summed E-state index contributed by atoms with van der Waals surface area (Å²) in [6.45, 7) is 2.00. The summed E-state index contributed by atoms with van der Waals surface area (Å²) in [5.41, 5.74) is 2.40. The Morgan fingerprint density at radius 1 is 1.17 bits per heavy atom. The molecule has 1 N–H and O–H groups in total. The molecule has 1 aromatic heterocycles. The van der Waals surface area contributed by atoms with Gasteiger partial charge in [0.1, 0.15) is 5.82 Å². The second kappa shape index (κ2) is 7.04. The summed E-state index contributed by atoms with van der Waals surface area (Å²) in [5, 5.41) is 10.6. The van der Waals surface area contributed by atoms with Crippen LogP contribution in [0.3, 0.4) is 0 Å². The average Bonchev–Trinajstić information content (AvgIpc) is 3.03. The standard InChI is InChI=1S/C18H16FN3O2/c1-12-5-7-13(8-6-12)18-22-21-17(24-18)10-9-16(23)20-15-4-2-3-14(19)11-15/h2-8,11H,9-10H2,1H3,(H,20,23). The van der Waals surface area contributed by atoms with E-state index in [2.05, 4.69) is 15.5 Å². The first kappa shape index (κ1) is 15.9. The molecule has 5 nitrogen and oxygen atoms in total. The largest absolute Gasteiger partial charge is 0.421 e. The van der Waals surface area contributed by atoms with E-state index in [1.54, 1.807) is 6.07 Å². The van der Waals surface area contributed by atoms with Gasteiger partial charge in [-0.25, -0.2) is 4.39 Å². The van der Waals surface area contributed by atoms with Crippen LogP contribution in [0.1, 0.15) is 17.9 Å². The molecule has 2 aromatic carbocycles. The fourth-order valence-corrected chi connectivity index (χ4v) is 2.18. The molecule has 24 heavy (non-hydrogen) atoms. The molecule has 1 heterocycles. The predicted octanol–water partition coefficient (Wildman–Crippen LogP) is 3.76. The number of nitrogens with zero attached hydrogens (tertiary/aromatic N) is 2. The highest BCUT2D eigenvalue weighted by Gasteiger charge is 2.11. The van der Waals surface area contributed by atoms with Crippen molar-refractivity contribution in [3.05, 3.63) is 65.8 Å². The van der Waals surface area contributed by atoms with Crippen LogP contribution >= 0.6 is 0 Å². The van der Waals surface area contributed by atoms with E-state index in [0.717, 1.165) is 11.1 Å². The monoisotopic (exact) mass is 325 g/mol. The number of nitrogens with one attached hydrogen (secondary N) is 1. The summed E-state index contributed by atoms with van der Waals surface area (Å²) in [7, 11) is 0. The number of carbonyl (C=O) groups excluding carboxylic acids is 1. The quantitative estimate of drug-likeness (QED) is 0.775. The van der Waals surface area contributed by atoms with Crippen LogP contribution in [0.15, 0.2) is 52.9 Å². The van der Waals surface area contributed by atoms with E-state index in [0.29, 0.717) is 23.9 Å². The summed E-state index contributed by atoms with van der Waals surface area (Å²) in [4.78, 5) is 11.9. The number of aryl methyl sites for hydroxylation is 2. The molecule has 0 aliphatic carbocycles. The third-order valence-electron chi connectivity index (χ3n) is 3.44. The Morgan fingerprint density at radius 3 is 2.71 bits per heavy atom. The summed E-state index contributed by atoms with van der Waals surface area (Å²) in [5.74, 6) is 0.179. The van der Waals surface area contributed by atoms with Gasteiger partial charge in [0.05, 0.1) is 0 Å². The Labute approximate surface area is 138 Å². The number of aromatic nitrogens is 2. The third kappa shape index (κ3) is 4.04. The first-order chi connectivity index (χ1) is 11.6. The molecule has 0 fully saturated rings. The minimum atomic E-state index is -0.396. The molecule has 0 bridgehead atoms. The van der Waals surface area contributed by atoms with E-state index in [1.807, 2.05) is 31.2 Å². The Morgan fingerprint density at radius 2 is 1.96 bits per heavy atom. The molecule has 0 saturated heterocycles. The zero-order valence-corrected chi connectivity index (χ0v) is 13.1. The molecule has 6 heteroatoms. The SMILES string of the molecule is Cc1ccc(-c2nnc(CCC(=O)Nc3cccc(F)c3)o2)cc1. The van der Waals surface area contributed by atoms with Crippen LogP contribution in [0.2, 0.25) is 0 Å². The number of benzene rings is 2. The number of halogens is 1. The van der Waals surface area contributed by atoms with Gasteiger partial charge < -0.3 is 9.73 Å². The van der Waals surface area contributed by atoms with Crippen molar-refractivity contribution >= 4 is 11.6 Å². The molecule has 0 aliphatic rings. The molecule has 0 aliphatic heterocycles. The molecule has 0 atom stereocenters. The third-order valence-corrected chi connectivity index (χ3v) is 3.44. The number of amides is 1. The topological polar surface area (TPSA) is 68.0 Å². The van der Waals surface area contributed by atoms with Crippen molar-refractivity contribution in [2.24, 2.45) is 0 Å². The highest BCUT2D eigenvalue weighted by atomic mass is 19.1. The van der Waals surface area contributed by atoms with E-state index < -0.39 is 5.82 Å². The molecular weight excluding hydrogens is 309 g/mol.